The molecule has 0 bridgehead atoms. The lowest BCUT2D eigenvalue weighted by Crippen LogP contribution is -2.26. The van der Waals surface area contributed by atoms with Gasteiger partial charge in [0.2, 0.25) is 0 Å². The Morgan fingerprint density at radius 1 is 0.880 bits per heavy atom. The van der Waals surface area contributed by atoms with Crippen LogP contribution in [0.2, 0.25) is 0 Å². The molecule has 146 valence electrons. The Kier molecular flexibility index (Phi) is 17.0. The van der Waals surface area contributed by atoms with Gasteiger partial charge in [0.15, 0.2) is 0 Å². The summed E-state index contributed by atoms with van der Waals surface area (Å²) in [5.41, 5.74) is 0. The highest BCUT2D eigenvalue weighted by Crippen LogP contribution is 2.26. The summed E-state index contributed by atoms with van der Waals surface area (Å²) < 4.78 is 5.75. The zero-order chi connectivity index (χ0) is 18.8. The minimum absolute atomic E-state index is 0.0678. The predicted molar refractivity (Wildman–Crippen MR) is 110 cm³/mol. The zero-order valence-corrected chi connectivity index (χ0v) is 17.1. The molecular formula is C23H42O2. The number of hydrogen-bond donors (Lipinski definition) is 0. The number of allylic oxidation sites excluding steroid dienone is 2. The van der Waals surface area contributed by atoms with Gasteiger partial charge in [0.05, 0.1) is 0 Å². The van der Waals surface area contributed by atoms with Gasteiger partial charge in [-0.3, -0.25) is 0 Å². The molecule has 0 spiro atoms. The van der Waals surface area contributed by atoms with Crippen LogP contribution in [0.3, 0.4) is 0 Å². The molecule has 0 aromatic rings. The molecule has 0 aliphatic carbocycles. The second kappa shape index (κ2) is 17.8. The monoisotopic (exact) mass is 350 g/mol. The fourth-order valence-electron chi connectivity index (χ4n) is 3.38. The Morgan fingerprint density at radius 2 is 1.60 bits per heavy atom. The van der Waals surface area contributed by atoms with Crippen LogP contribution in [-0.2, 0) is 9.53 Å². The van der Waals surface area contributed by atoms with Crippen LogP contribution in [0.15, 0.2) is 24.8 Å². The molecule has 0 heterocycles. The maximum Gasteiger partial charge on any atom is 0.330 e. The molecule has 0 N–H and O–H groups in total. The molecule has 0 fully saturated rings. The van der Waals surface area contributed by atoms with E-state index >= 15 is 0 Å². The quantitative estimate of drug-likeness (QED) is 0.118. The van der Waals surface area contributed by atoms with Gasteiger partial charge in [0.1, 0.15) is 6.10 Å². The number of esters is 1. The Labute approximate surface area is 157 Å². The van der Waals surface area contributed by atoms with Crippen LogP contribution >= 0.6 is 0 Å². The average molecular weight is 351 g/mol. The van der Waals surface area contributed by atoms with E-state index in [1.54, 1.807) is 0 Å². The summed E-state index contributed by atoms with van der Waals surface area (Å²) in [7, 11) is 0. The smallest absolute Gasteiger partial charge is 0.330 e. The van der Waals surface area contributed by atoms with E-state index in [9.17, 15) is 4.79 Å². The van der Waals surface area contributed by atoms with E-state index in [4.69, 9.17) is 4.74 Å². The second-order valence-corrected chi connectivity index (χ2v) is 7.10. The van der Waals surface area contributed by atoms with Gasteiger partial charge in [-0.05, 0) is 50.9 Å². The highest BCUT2D eigenvalue weighted by molar-refractivity contribution is 5.81. The normalized spacial score (nSPS) is 13.7. The van der Waals surface area contributed by atoms with Gasteiger partial charge in [0.25, 0.3) is 0 Å². The second-order valence-electron chi connectivity index (χ2n) is 7.10. The summed E-state index contributed by atoms with van der Waals surface area (Å²) in [5.74, 6) is 0.237. The van der Waals surface area contributed by atoms with Crippen molar-refractivity contribution in [2.45, 2.75) is 110 Å². The van der Waals surface area contributed by atoms with E-state index < -0.39 is 0 Å². The van der Waals surface area contributed by atoms with Gasteiger partial charge < -0.3 is 4.74 Å². The fourth-order valence-corrected chi connectivity index (χ4v) is 3.38. The zero-order valence-electron chi connectivity index (χ0n) is 17.1. The summed E-state index contributed by atoms with van der Waals surface area (Å²) >= 11 is 0. The minimum atomic E-state index is -0.259. The molecule has 2 heteroatoms. The van der Waals surface area contributed by atoms with Crippen LogP contribution < -0.4 is 0 Å². The third-order valence-corrected chi connectivity index (χ3v) is 4.81. The molecule has 2 atom stereocenters. The molecule has 0 aliphatic heterocycles. The standard InChI is InChI=1S/C23H42O2/c1-5-9-11-13-15-16-19-21(18-7-3)22(25-23(24)8-4)20-17-14-12-10-6-2/h8-9,11,21-22H,4-7,10,12-20H2,1-3H3. The van der Waals surface area contributed by atoms with Gasteiger partial charge in [-0.1, -0.05) is 78.0 Å². The molecule has 0 saturated heterocycles. The maximum atomic E-state index is 11.8. The molecule has 0 aromatic carbocycles. The number of hydrogen-bond acceptors (Lipinski definition) is 2. The highest BCUT2D eigenvalue weighted by Gasteiger charge is 2.23. The Bertz CT molecular complexity index is 346. The molecule has 2 unspecified atom stereocenters. The molecule has 2 nitrogen and oxygen atoms in total. The number of rotatable bonds is 17. The molecular weight excluding hydrogens is 308 g/mol. The van der Waals surface area contributed by atoms with Crippen LogP contribution in [0.25, 0.3) is 0 Å². The first-order valence-corrected chi connectivity index (χ1v) is 10.7. The number of carbonyl (C=O) groups is 1. The van der Waals surface area contributed by atoms with Gasteiger partial charge in [0, 0.05) is 6.08 Å². The Morgan fingerprint density at radius 3 is 2.24 bits per heavy atom. The summed E-state index contributed by atoms with van der Waals surface area (Å²) in [6.07, 6.45) is 21.4. The van der Waals surface area contributed by atoms with E-state index in [0.29, 0.717) is 5.92 Å². The van der Waals surface area contributed by atoms with Crippen molar-refractivity contribution >= 4 is 5.97 Å². The van der Waals surface area contributed by atoms with Crippen LogP contribution in [0, 0.1) is 5.92 Å². The van der Waals surface area contributed by atoms with E-state index in [1.807, 2.05) is 0 Å². The van der Waals surface area contributed by atoms with Crippen LogP contribution in [-0.4, -0.2) is 12.1 Å². The van der Waals surface area contributed by atoms with Gasteiger partial charge in [-0.15, -0.1) is 0 Å². The summed E-state index contributed by atoms with van der Waals surface area (Å²) in [5, 5.41) is 0. The molecule has 0 radical (unpaired) electrons. The molecule has 0 saturated carbocycles. The third-order valence-electron chi connectivity index (χ3n) is 4.81. The maximum absolute atomic E-state index is 11.8. The lowest BCUT2D eigenvalue weighted by molar-refractivity contribution is -0.146. The van der Waals surface area contributed by atoms with Gasteiger partial charge in [-0.25, -0.2) is 4.79 Å². The topological polar surface area (TPSA) is 26.3 Å². The summed E-state index contributed by atoms with van der Waals surface area (Å²) in [6.45, 7) is 10.2. The number of ether oxygens (including phenoxy) is 1. The van der Waals surface area contributed by atoms with E-state index in [2.05, 4.69) is 39.5 Å². The van der Waals surface area contributed by atoms with Crippen LogP contribution in [0.4, 0.5) is 0 Å². The average Bonchev–Trinajstić information content (AvgIpc) is 2.62. The number of carbonyl (C=O) groups excluding carboxylic acids is 1. The molecule has 0 rings (SSSR count). The largest absolute Gasteiger partial charge is 0.459 e. The first kappa shape index (κ1) is 23.9. The minimum Gasteiger partial charge on any atom is -0.459 e. The van der Waals surface area contributed by atoms with E-state index in [1.165, 1.54) is 51.0 Å². The van der Waals surface area contributed by atoms with Crippen molar-refractivity contribution in [2.75, 3.05) is 0 Å². The van der Waals surface area contributed by atoms with E-state index in [0.717, 1.165) is 38.5 Å². The SMILES string of the molecule is C=CC(=O)OC(CCCCCCC)C(CCC)CCCCC=CCC. The first-order chi connectivity index (χ1) is 12.2. The van der Waals surface area contributed by atoms with Crippen LogP contribution in [0.5, 0.6) is 0 Å². The summed E-state index contributed by atoms with van der Waals surface area (Å²) in [6, 6.07) is 0. The lowest BCUT2D eigenvalue weighted by Gasteiger charge is -2.27. The van der Waals surface area contributed by atoms with Gasteiger partial charge >= 0.3 is 5.97 Å². The van der Waals surface area contributed by atoms with Crippen molar-refractivity contribution in [3.8, 4) is 0 Å². The molecule has 0 amide bonds. The Hall–Kier alpha value is -1.05. The molecule has 0 aromatic heterocycles. The van der Waals surface area contributed by atoms with Crippen molar-refractivity contribution < 1.29 is 9.53 Å². The first-order valence-electron chi connectivity index (χ1n) is 10.7. The highest BCUT2D eigenvalue weighted by atomic mass is 16.5. The fraction of sp³-hybridized carbons (Fsp3) is 0.783. The van der Waals surface area contributed by atoms with Crippen molar-refractivity contribution in [3.63, 3.8) is 0 Å². The predicted octanol–water partition coefficient (Wildman–Crippen LogP) is 7.39. The molecule has 0 aliphatic rings. The van der Waals surface area contributed by atoms with Gasteiger partial charge in [-0.2, -0.15) is 0 Å². The van der Waals surface area contributed by atoms with Crippen molar-refractivity contribution in [1.29, 1.82) is 0 Å². The van der Waals surface area contributed by atoms with Crippen molar-refractivity contribution in [2.24, 2.45) is 5.92 Å². The number of unbranched alkanes of at least 4 members (excludes halogenated alkanes) is 6. The Balaban J connectivity index is 4.47. The third kappa shape index (κ3) is 13.9. The van der Waals surface area contributed by atoms with Crippen LogP contribution in [0.1, 0.15) is 104 Å². The molecule has 25 heavy (non-hydrogen) atoms. The summed E-state index contributed by atoms with van der Waals surface area (Å²) in [4.78, 5) is 11.8. The van der Waals surface area contributed by atoms with Crippen molar-refractivity contribution in [1.82, 2.24) is 0 Å². The lowest BCUT2D eigenvalue weighted by atomic mass is 9.88. The van der Waals surface area contributed by atoms with E-state index in [-0.39, 0.29) is 12.1 Å². The van der Waals surface area contributed by atoms with Crippen molar-refractivity contribution in [3.05, 3.63) is 24.8 Å².